The van der Waals surface area contributed by atoms with Crippen molar-refractivity contribution >= 4 is 16.8 Å². The first-order valence-corrected chi connectivity index (χ1v) is 3.76. The highest BCUT2D eigenvalue weighted by molar-refractivity contribution is 5.93. The number of furan rings is 1. The molecule has 64 valence electrons. The van der Waals surface area contributed by atoms with E-state index in [0.29, 0.717) is 17.0 Å². The summed E-state index contributed by atoms with van der Waals surface area (Å²) in [5, 5.41) is 9.48. The Labute approximate surface area is 74.6 Å². The van der Waals surface area contributed by atoms with Gasteiger partial charge in [-0.15, -0.1) is 0 Å². The van der Waals surface area contributed by atoms with Crippen molar-refractivity contribution in [3.05, 3.63) is 23.6 Å². The molecule has 0 fully saturated rings. The van der Waals surface area contributed by atoms with Gasteiger partial charge in [0.05, 0.1) is 17.8 Å². The van der Waals surface area contributed by atoms with Crippen molar-refractivity contribution in [2.75, 3.05) is 5.73 Å². The molecule has 4 nitrogen and oxygen atoms in total. The zero-order valence-corrected chi connectivity index (χ0v) is 7.03. The van der Waals surface area contributed by atoms with Crippen molar-refractivity contribution in [1.82, 2.24) is 4.98 Å². The van der Waals surface area contributed by atoms with Crippen molar-refractivity contribution in [2.45, 2.75) is 6.92 Å². The molecule has 0 saturated heterocycles. The van der Waals surface area contributed by atoms with E-state index >= 15 is 0 Å². The number of nitrogen functional groups attached to an aromatic ring is 1. The smallest absolute Gasteiger partial charge is 0.157 e. The zero-order valence-electron chi connectivity index (χ0n) is 7.03. The van der Waals surface area contributed by atoms with Gasteiger partial charge in [0.1, 0.15) is 17.5 Å². The number of nitrogens with two attached hydrogens (primary N) is 1. The Kier molecular flexibility index (Phi) is 1.46. The number of nitriles is 1. The van der Waals surface area contributed by atoms with E-state index in [4.69, 9.17) is 15.4 Å². The summed E-state index contributed by atoms with van der Waals surface area (Å²) in [4.78, 5) is 3.91. The first-order chi connectivity index (χ1) is 6.24. The SMILES string of the molecule is Cc1coc2c(C#N)cnc(N)c12. The fraction of sp³-hybridized carbons (Fsp3) is 0.111. The molecule has 0 amide bonds. The van der Waals surface area contributed by atoms with E-state index in [0.717, 1.165) is 10.9 Å². The van der Waals surface area contributed by atoms with Gasteiger partial charge in [0, 0.05) is 0 Å². The molecule has 0 saturated carbocycles. The molecule has 2 heterocycles. The lowest BCUT2D eigenvalue weighted by Gasteiger charge is -1.95. The first-order valence-electron chi connectivity index (χ1n) is 3.76. The lowest BCUT2D eigenvalue weighted by Crippen LogP contribution is -1.92. The van der Waals surface area contributed by atoms with Gasteiger partial charge in [-0.25, -0.2) is 4.98 Å². The predicted molar refractivity (Wildman–Crippen MR) is 47.9 cm³/mol. The minimum Gasteiger partial charge on any atom is -0.462 e. The van der Waals surface area contributed by atoms with Gasteiger partial charge in [0.15, 0.2) is 5.58 Å². The van der Waals surface area contributed by atoms with Crippen molar-refractivity contribution in [3.8, 4) is 6.07 Å². The molecule has 2 aromatic rings. The molecular weight excluding hydrogens is 166 g/mol. The van der Waals surface area contributed by atoms with Crippen LogP contribution in [-0.4, -0.2) is 4.98 Å². The Bertz CT molecular complexity index is 507. The van der Waals surface area contributed by atoms with Gasteiger partial charge >= 0.3 is 0 Å². The van der Waals surface area contributed by atoms with Crippen LogP contribution in [0.15, 0.2) is 16.9 Å². The molecule has 13 heavy (non-hydrogen) atoms. The standard InChI is InChI=1S/C9H7N3O/c1-5-4-13-8-6(2-10)3-12-9(11)7(5)8/h3-4H,1H3,(H2,11,12). The minimum absolute atomic E-state index is 0.403. The molecule has 0 aliphatic rings. The van der Waals surface area contributed by atoms with Gasteiger partial charge in [-0.2, -0.15) is 5.26 Å². The number of anilines is 1. The number of nitrogens with zero attached hydrogens (tertiary/aromatic N) is 2. The van der Waals surface area contributed by atoms with Crippen molar-refractivity contribution < 1.29 is 4.42 Å². The van der Waals surface area contributed by atoms with E-state index in [1.807, 2.05) is 13.0 Å². The normalized spacial score (nSPS) is 10.2. The number of fused-ring (bicyclic) bond motifs is 1. The topological polar surface area (TPSA) is 75.8 Å². The van der Waals surface area contributed by atoms with Crippen molar-refractivity contribution in [1.29, 1.82) is 5.26 Å². The van der Waals surface area contributed by atoms with Crippen LogP contribution in [-0.2, 0) is 0 Å². The number of aryl methyl sites for hydroxylation is 1. The third kappa shape index (κ3) is 0.942. The summed E-state index contributed by atoms with van der Waals surface area (Å²) in [5.74, 6) is 0.403. The molecule has 0 bridgehead atoms. The zero-order chi connectivity index (χ0) is 9.42. The second-order valence-electron chi connectivity index (χ2n) is 2.79. The molecule has 0 atom stereocenters. The maximum Gasteiger partial charge on any atom is 0.157 e. The predicted octanol–water partition coefficient (Wildman–Crippen LogP) is 1.59. The van der Waals surface area contributed by atoms with Crippen LogP contribution in [0, 0.1) is 18.3 Å². The van der Waals surface area contributed by atoms with E-state index < -0.39 is 0 Å². The lowest BCUT2D eigenvalue weighted by atomic mass is 10.2. The monoisotopic (exact) mass is 173 g/mol. The third-order valence-electron chi connectivity index (χ3n) is 1.93. The Morgan fingerprint density at radius 1 is 1.62 bits per heavy atom. The van der Waals surface area contributed by atoms with Gasteiger partial charge in [-0.3, -0.25) is 0 Å². The second-order valence-corrected chi connectivity index (χ2v) is 2.79. The quantitative estimate of drug-likeness (QED) is 0.656. The van der Waals surface area contributed by atoms with Crippen molar-refractivity contribution in [3.63, 3.8) is 0 Å². The summed E-state index contributed by atoms with van der Waals surface area (Å²) in [5.41, 5.74) is 7.48. The molecule has 4 heteroatoms. The summed E-state index contributed by atoms with van der Waals surface area (Å²) in [6, 6.07) is 2.00. The number of pyridine rings is 1. The van der Waals surface area contributed by atoms with Gasteiger partial charge in [0.25, 0.3) is 0 Å². The van der Waals surface area contributed by atoms with E-state index in [1.165, 1.54) is 6.20 Å². The molecule has 0 spiro atoms. The third-order valence-corrected chi connectivity index (χ3v) is 1.93. The van der Waals surface area contributed by atoms with Crippen LogP contribution in [0.2, 0.25) is 0 Å². The highest BCUT2D eigenvalue weighted by Gasteiger charge is 2.10. The van der Waals surface area contributed by atoms with Crippen LogP contribution in [0.25, 0.3) is 11.0 Å². The summed E-state index contributed by atoms with van der Waals surface area (Å²) in [6.45, 7) is 1.87. The Morgan fingerprint density at radius 2 is 2.38 bits per heavy atom. The van der Waals surface area contributed by atoms with Crippen LogP contribution >= 0.6 is 0 Å². The Morgan fingerprint density at radius 3 is 3.08 bits per heavy atom. The van der Waals surface area contributed by atoms with Crippen LogP contribution in [0.4, 0.5) is 5.82 Å². The maximum absolute atomic E-state index is 8.74. The molecule has 2 rings (SSSR count). The number of hydrogen-bond acceptors (Lipinski definition) is 4. The largest absolute Gasteiger partial charge is 0.462 e. The fourth-order valence-corrected chi connectivity index (χ4v) is 1.30. The maximum atomic E-state index is 8.74. The van der Waals surface area contributed by atoms with Gasteiger partial charge in [-0.05, 0) is 12.5 Å². The summed E-state index contributed by atoms with van der Waals surface area (Å²) >= 11 is 0. The first kappa shape index (κ1) is 7.62. The average Bonchev–Trinajstić information content (AvgIpc) is 2.50. The molecule has 2 N–H and O–H groups in total. The summed E-state index contributed by atoms with van der Waals surface area (Å²) in [6.07, 6.45) is 2.99. The second kappa shape index (κ2) is 2.49. The molecule has 0 unspecified atom stereocenters. The summed E-state index contributed by atoms with van der Waals surface area (Å²) in [7, 11) is 0. The van der Waals surface area contributed by atoms with Crippen molar-refractivity contribution in [2.24, 2.45) is 0 Å². The highest BCUT2D eigenvalue weighted by atomic mass is 16.3. The molecule has 0 aliphatic heterocycles. The average molecular weight is 173 g/mol. The van der Waals surface area contributed by atoms with Gasteiger partial charge < -0.3 is 10.2 Å². The Hall–Kier alpha value is -2.02. The number of rotatable bonds is 0. The molecule has 0 aromatic carbocycles. The van der Waals surface area contributed by atoms with Crippen LogP contribution in [0.1, 0.15) is 11.1 Å². The van der Waals surface area contributed by atoms with E-state index in [9.17, 15) is 0 Å². The van der Waals surface area contributed by atoms with E-state index in [2.05, 4.69) is 4.98 Å². The molecule has 2 aromatic heterocycles. The van der Waals surface area contributed by atoms with Crippen LogP contribution in [0.3, 0.4) is 0 Å². The van der Waals surface area contributed by atoms with E-state index in [-0.39, 0.29) is 0 Å². The number of aromatic nitrogens is 1. The minimum atomic E-state index is 0.403. The van der Waals surface area contributed by atoms with E-state index in [1.54, 1.807) is 6.26 Å². The fourth-order valence-electron chi connectivity index (χ4n) is 1.30. The lowest BCUT2D eigenvalue weighted by molar-refractivity contribution is 0.612. The van der Waals surface area contributed by atoms with Gasteiger partial charge in [0.2, 0.25) is 0 Å². The number of hydrogen-bond donors (Lipinski definition) is 1. The summed E-state index contributed by atoms with van der Waals surface area (Å²) < 4.78 is 5.21. The van der Waals surface area contributed by atoms with Crippen LogP contribution in [0.5, 0.6) is 0 Å². The molecule has 0 aliphatic carbocycles. The molecule has 0 radical (unpaired) electrons. The van der Waals surface area contributed by atoms with Crippen LogP contribution < -0.4 is 5.73 Å². The Balaban J connectivity index is 2.97. The molecular formula is C9H7N3O. The van der Waals surface area contributed by atoms with Gasteiger partial charge in [-0.1, -0.05) is 0 Å². The highest BCUT2D eigenvalue weighted by Crippen LogP contribution is 2.26.